The van der Waals surface area contributed by atoms with E-state index < -0.39 is 5.91 Å². The van der Waals surface area contributed by atoms with Crippen LogP contribution in [0.1, 0.15) is 12.5 Å². The van der Waals surface area contributed by atoms with Gasteiger partial charge in [-0.15, -0.1) is 0 Å². The molecule has 9 heteroatoms. The summed E-state index contributed by atoms with van der Waals surface area (Å²) in [6.07, 6.45) is 1.32. The third kappa shape index (κ3) is 7.18. The van der Waals surface area contributed by atoms with Crippen LogP contribution in [-0.4, -0.2) is 18.4 Å². The molecule has 2 rings (SSSR count). The van der Waals surface area contributed by atoms with Gasteiger partial charge in [-0.3, -0.25) is 15.0 Å². The lowest BCUT2D eigenvalue weighted by Crippen LogP contribution is -2.39. The molecule has 0 radical (unpaired) electrons. The van der Waals surface area contributed by atoms with Crippen LogP contribution < -0.4 is 20.9 Å². The first-order valence-corrected chi connectivity index (χ1v) is 10.1. The number of anilines is 1. The van der Waals surface area contributed by atoms with Gasteiger partial charge in [0.25, 0.3) is 5.91 Å². The van der Waals surface area contributed by atoms with Crippen LogP contribution >= 0.6 is 43.5 Å². The molecule has 0 aliphatic carbocycles. The van der Waals surface area contributed by atoms with Gasteiger partial charge >= 0.3 is 0 Å². The summed E-state index contributed by atoms with van der Waals surface area (Å²) in [6.45, 7) is 3.39. The van der Waals surface area contributed by atoms with Gasteiger partial charge in [0.15, 0.2) is 6.61 Å². The Morgan fingerprint density at radius 3 is 2.46 bits per heavy atom. The number of aryl methyl sites for hydroxylation is 1. The molecule has 2 aromatic carbocycles. The van der Waals surface area contributed by atoms with E-state index in [-0.39, 0.29) is 12.5 Å². The fourth-order valence-electron chi connectivity index (χ4n) is 2.03. The van der Waals surface area contributed by atoms with Gasteiger partial charge in [0.2, 0.25) is 5.91 Å². The minimum atomic E-state index is -0.390. The van der Waals surface area contributed by atoms with Gasteiger partial charge in [-0.25, -0.2) is 0 Å². The van der Waals surface area contributed by atoms with Crippen molar-refractivity contribution >= 4 is 61.0 Å². The van der Waals surface area contributed by atoms with E-state index in [1.807, 2.05) is 19.1 Å². The normalized spacial score (nSPS) is 11.0. The number of ether oxygens (including phenoxy) is 1. The summed E-state index contributed by atoms with van der Waals surface area (Å²) in [5.41, 5.74) is 7.19. The van der Waals surface area contributed by atoms with Crippen molar-refractivity contribution in [2.24, 2.45) is 0 Å². The maximum absolute atomic E-state index is 12.0. The number of amides is 2. The Morgan fingerprint density at radius 2 is 1.79 bits per heavy atom. The number of benzene rings is 2. The number of allylic oxidation sites excluding steroid dienone is 1. The van der Waals surface area contributed by atoms with Crippen LogP contribution in [0.4, 0.5) is 5.69 Å². The minimum Gasteiger partial charge on any atom is -0.483 e. The molecule has 0 aliphatic rings. The van der Waals surface area contributed by atoms with Gasteiger partial charge in [-0.05, 0) is 71.7 Å². The zero-order valence-corrected chi connectivity index (χ0v) is 19.0. The third-order valence-electron chi connectivity index (χ3n) is 3.43. The number of carbonyl (C=O) groups is 2. The average Bonchev–Trinajstić information content (AvgIpc) is 2.63. The van der Waals surface area contributed by atoms with Crippen molar-refractivity contribution < 1.29 is 14.3 Å². The number of hydrazine groups is 1. The van der Waals surface area contributed by atoms with Gasteiger partial charge in [-0.2, -0.15) is 0 Å². The molecule has 3 N–H and O–H groups in total. The van der Waals surface area contributed by atoms with E-state index in [1.54, 1.807) is 31.2 Å². The lowest BCUT2D eigenvalue weighted by atomic mass is 10.2. The fourth-order valence-corrected chi connectivity index (χ4v) is 3.27. The van der Waals surface area contributed by atoms with E-state index in [0.29, 0.717) is 22.2 Å². The van der Waals surface area contributed by atoms with Crippen LogP contribution in [-0.2, 0) is 9.59 Å². The Labute approximate surface area is 184 Å². The van der Waals surface area contributed by atoms with E-state index in [9.17, 15) is 9.59 Å². The molecule has 0 unspecified atom stereocenters. The number of hydrogen-bond acceptors (Lipinski definition) is 4. The molecule has 0 bridgehead atoms. The topological polar surface area (TPSA) is 79.5 Å². The number of rotatable bonds is 7. The van der Waals surface area contributed by atoms with E-state index >= 15 is 0 Å². The Balaban J connectivity index is 1.79. The molecule has 28 heavy (non-hydrogen) atoms. The molecule has 0 fully saturated rings. The Kier molecular flexibility index (Phi) is 8.35. The molecule has 148 valence electrons. The maximum atomic E-state index is 12.0. The van der Waals surface area contributed by atoms with E-state index in [0.717, 1.165) is 14.5 Å². The largest absolute Gasteiger partial charge is 0.483 e. The van der Waals surface area contributed by atoms with Crippen molar-refractivity contribution in [3.05, 3.63) is 67.7 Å². The standard InChI is InChI=1S/C19H18Br2ClN3O3/c1-11-7-17(16(21)9-15(11)20)28-10-19(27)25-24-12(2)8-18(26)23-14-5-3-13(22)4-6-14/h3-9,24H,10H2,1-2H3,(H,23,26)(H,25,27). The fraction of sp³-hybridized carbons (Fsp3) is 0.158. The van der Waals surface area contributed by atoms with Gasteiger partial charge < -0.3 is 15.5 Å². The summed E-state index contributed by atoms with van der Waals surface area (Å²) in [5.74, 6) is -0.170. The lowest BCUT2D eigenvalue weighted by Gasteiger charge is -2.12. The minimum absolute atomic E-state index is 0.184. The van der Waals surface area contributed by atoms with Gasteiger partial charge in [0.1, 0.15) is 5.75 Å². The first kappa shape index (κ1) is 22.3. The highest BCUT2D eigenvalue weighted by atomic mass is 79.9. The molecular formula is C19H18Br2ClN3O3. The van der Waals surface area contributed by atoms with E-state index in [1.165, 1.54) is 6.08 Å². The van der Waals surface area contributed by atoms with Crippen LogP contribution in [0.15, 0.2) is 57.1 Å². The second-order valence-corrected chi connectivity index (χ2v) is 7.96. The molecule has 0 saturated heterocycles. The summed E-state index contributed by atoms with van der Waals surface area (Å²) in [7, 11) is 0. The molecule has 0 spiro atoms. The molecule has 0 heterocycles. The number of carbonyl (C=O) groups excluding carboxylic acids is 2. The Hall–Kier alpha value is -2.03. The van der Waals surface area contributed by atoms with Crippen LogP contribution in [0.2, 0.25) is 5.02 Å². The maximum Gasteiger partial charge on any atom is 0.276 e. The van der Waals surface area contributed by atoms with Crippen LogP contribution in [0, 0.1) is 6.92 Å². The second-order valence-electron chi connectivity index (χ2n) is 5.82. The molecule has 6 nitrogen and oxygen atoms in total. The van der Waals surface area contributed by atoms with Gasteiger partial charge in [-0.1, -0.05) is 27.5 Å². The zero-order valence-electron chi connectivity index (χ0n) is 15.1. The van der Waals surface area contributed by atoms with Gasteiger partial charge in [0, 0.05) is 27.0 Å². The predicted molar refractivity (Wildman–Crippen MR) is 117 cm³/mol. The van der Waals surface area contributed by atoms with E-state index in [2.05, 4.69) is 48.0 Å². The van der Waals surface area contributed by atoms with Gasteiger partial charge in [0.05, 0.1) is 4.47 Å². The summed E-state index contributed by atoms with van der Waals surface area (Å²) >= 11 is 12.6. The molecule has 0 aromatic heterocycles. The van der Waals surface area contributed by atoms with Crippen LogP contribution in [0.3, 0.4) is 0 Å². The van der Waals surface area contributed by atoms with Crippen molar-refractivity contribution in [3.8, 4) is 5.75 Å². The number of nitrogens with one attached hydrogen (secondary N) is 3. The Bertz CT molecular complexity index is 902. The lowest BCUT2D eigenvalue weighted by molar-refractivity contribution is -0.124. The molecule has 2 aromatic rings. The summed E-state index contributed by atoms with van der Waals surface area (Å²) in [4.78, 5) is 23.9. The highest BCUT2D eigenvalue weighted by Gasteiger charge is 2.08. The summed E-state index contributed by atoms with van der Waals surface area (Å²) in [5, 5.41) is 3.27. The highest BCUT2D eigenvalue weighted by molar-refractivity contribution is 9.11. The van der Waals surface area contributed by atoms with Crippen molar-refractivity contribution in [1.29, 1.82) is 0 Å². The first-order valence-electron chi connectivity index (χ1n) is 8.12. The van der Waals surface area contributed by atoms with Crippen molar-refractivity contribution in [2.45, 2.75) is 13.8 Å². The second kappa shape index (κ2) is 10.5. The highest BCUT2D eigenvalue weighted by Crippen LogP contribution is 2.31. The zero-order chi connectivity index (χ0) is 20.7. The molecule has 2 amide bonds. The van der Waals surface area contributed by atoms with Crippen LogP contribution in [0.25, 0.3) is 0 Å². The quantitative estimate of drug-likeness (QED) is 0.357. The van der Waals surface area contributed by atoms with Crippen molar-refractivity contribution in [1.82, 2.24) is 10.9 Å². The predicted octanol–water partition coefficient (Wildman–Crippen LogP) is 4.72. The van der Waals surface area contributed by atoms with Crippen molar-refractivity contribution in [3.63, 3.8) is 0 Å². The average molecular weight is 532 g/mol. The monoisotopic (exact) mass is 529 g/mol. The molecule has 0 atom stereocenters. The Morgan fingerprint density at radius 1 is 1.11 bits per heavy atom. The molecule has 0 aliphatic heterocycles. The summed E-state index contributed by atoms with van der Waals surface area (Å²) < 4.78 is 7.18. The SMILES string of the molecule is CC(=CC(=O)Nc1ccc(Cl)cc1)NNC(=O)COc1cc(C)c(Br)cc1Br. The van der Waals surface area contributed by atoms with Crippen LogP contribution in [0.5, 0.6) is 5.75 Å². The molecule has 0 saturated carbocycles. The van der Waals surface area contributed by atoms with Crippen molar-refractivity contribution in [2.75, 3.05) is 11.9 Å². The smallest absolute Gasteiger partial charge is 0.276 e. The number of hydrogen-bond donors (Lipinski definition) is 3. The molecular weight excluding hydrogens is 513 g/mol. The van der Waals surface area contributed by atoms with E-state index in [4.69, 9.17) is 16.3 Å². The third-order valence-corrected chi connectivity index (χ3v) is 5.16. The number of halogens is 3. The first-order chi connectivity index (χ1) is 13.2. The summed E-state index contributed by atoms with van der Waals surface area (Å²) in [6, 6.07) is 10.4.